The highest BCUT2D eigenvalue weighted by molar-refractivity contribution is 7.13. The summed E-state index contributed by atoms with van der Waals surface area (Å²) in [6.45, 7) is 0.348. The van der Waals surface area contributed by atoms with Gasteiger partial charge >= 0.3 is 0 Å². The third-order valence-corrected chi connectivity index (χ3v) is 4.29. The molecular formula is C17H16N2O4S. The summed E-state index contributed by atoms with van der Waals surface area (Å²) in [6, 6.07) is 10.9. The Hall–Kier alpha value is -2.80. The standard InChI is InChI=1S/C17H16N2O4S/c1-21-13-6-5-11(8-14(13)22-2)10-18-17(20)12-9-15(23-19-12)16-4-3-7-24-16/h3-9H,10H2,1-2H3,(H,18,20). The lowest BCUT2D eigenvalue weighted by Crippen LogP contribution is -2.23. The molecule has 0 unspecified atom stereocenters. The first kappa shape index (κ1) is 16.1. The Morgan fingerprint density at radius 2 is 2.04 bits per heavy atom. The third kappa shape index (κ3) is 3.41. The van der Waals surface area contributed by atoms with Gasteiger partial charge in [-0.3, -0.25) is 4.79 Å². The fraction of sp³-hybridized carbons (Fsp3) is 0.176. The van der Waals surface area contributed by atoms with Gasteiger partial charge in [-0.2, -0.15) is 0 Å². The van der Waals surface area contributed by atoms with E-state index in [2.05, 4.69) is 10.5 Å². The number of hydrogen-bond acceptors (Lipinski definition) is 6. The largest absolute Gasteiger partial charge is 0.493 e. The van der Waals surface area contributed by atoms with E-state index in [0.717, 1.165) is 10.4 Å². The number of aromatic nitrogens is 1. The lowest BCUT2D eigenvalue weighted by Gasteiger charge is -2.09. The zero-order chi connectivity index (χ0) is 16.9. The van der Waals surface area contributed by atoms with Crippen LogP contribution in [0.2, 0.25) is 0 Å². The van der Waals surface area contributed by atoms with Crippen molar-refractivity contribution >= 4 is 17.2 Å². The Bertz CT molecular complexity index is 827. The Labute approximate surface area is 143 Å². The minimum Gasteiger partial charge on any atom is -0.493 e. The van der Waals surface area contributed by atoms with Gasteiger partial charge in [0, 0.05) is 12.6 Å². The van der Waals surface area contributed by atoms with E-state index < -0.39 is 0 Å². The number of nitrogens with zero attached hydrogens (tertiary/aromatic N) is 1. The zero-order valence-electron chi connectivity index (χ0n) is 13.2. The fourth-order valence-electron chi connectivity index (χ4n) is 2.18. The van der Waals surface area contributed by atoms with Gasteiger partial charge in [-0.15, -0.1) is 11.3 Å². The lowest BCUT2D eigenvalue weighted by molar-refractivity contribution is 0.0942. The summed E-state index contributed by atoms with van der Waals surface area (Å²) in [7, 11) is 3.15. The Morgan fingerprint density at radius 3 is 2.75 bits per heavy atom. The van der Waals surface area contributed by atoms with Crippen LogP contribution in [0.5, 0.6) is 11.5 Å². The van der Waals surface area contributed by atoms with Gasteiger partial charge in [0.1, 0.15) is 0 Å². The van der Waals surface area contributed by atoms with Gasteiger partial charge in [-0.1, -0.05) is 17.3 Å². The highest BCUT2D eigenvalue weighted by atomic mass is 32.1. The van der Waals surface area contributed by atoms with Crippen LogP contribution in [0.3, 0.4) is 0 Å². The van der Waals surface area contributed by atoms with E-state index in [0.29, 0.717) is 23.8 Å². The van der Waals surface area contributed by atoms with Crippen LogP contribution in [0.15, 0.2) is 46.3 Å². The molecule has 0 saturated heterocycles. The summed E-state index contributed by atoms with van der Waals surface area (Å²) < 4.78 is 15.7. The number of benzene rings is 1. The van der Waals surface area contributed by atoms with Crippen molar-refractivity contribution in [2.24, 2.45) is 0 Å². The second-order valence-corrected chi connectivity index (χ2v) is 5.87. The molecule has 0 saturated carbocycles. The SMILES string of the molecule is COc1ccc(CNC(=O)c2cc(-c3cccs3)on2)cc1OC. The molecular weight excluding hydrogens is 328 g/mol. The molecule has 1 amide bonds. The molecule has 1 N–H and O–H groups in total. The maximum atomic E-state index is 12.2. The van der Waals surface area contributed by atoms with E-state index in [1.54, 1.807) is 26.4 Å². The summed E-state index contributed by atoms with van der Waals surface area (Å²) in [4.78, 5) is 13.1. The van der Waals surface area contributed by atoms with Gasteiger partial charge in [0.05, 0.1) is 19.1 Å². The first-order chi connectivity index (χ1) is 11.7. The average Bonchev–Trinajstić information content (AvgIpc) is 3.30. The maximum Gasteiger partial charge on any atom is 0.273 e. The molecule has 0 aliphatic heterocycles. The van der Waals surface area contributed by atoms with Gasteiger partial charge < -0.3 is 19.3 Å². The zero-order valence-corrected chi connectivity index (χ0v) is 14.1. The molecule has 124 valence electrons. The number of nitrogens with one attached hydrogen (secondary N) is 1. The van der Waals surface area contributed by atoms with E-state index in [1.165, 1.54) is 11.3 Å². The van der Waals surface area contributed by atoms with Gasteiger partial charge in [-0.25, -0.2) is 0 Å². The Balaban J connectivity index is 1.65. The van der Waals surface area contributed by atoms with Crippen molar-refractivity contribution in [2.45, 2.75) is 6.54 Å². The number of carbonyl (C=O) groups is 1. The van der Waals surface area contributed by atoms with Gasteiger partial charge in [0.25, 0.3) is 5.91 Å². The summed E-state index contributed by atoms with van der Waals surface area (Å²) in [6.07, 6.45) is 0. The smallest absolute Gasteiger partial charge is 0.273 e. The van der Waals surface area contributed by atoms with Crippen molar-refractivity contribution in [2.75, 3.05) is 14.2 Å². The van der Waals surface area contributed by atoms with Crippen molar-refractivity contribution < 1.29 is 18.8 Å². The van der Waals surface area contributed by atoms with Crippen LogP contribution in [-0.4, -0.2) is 25.3 Å². The predicted octanol–water partition coefficient (Wildman–Crippen LogP) is 3.35. The molecule has 3 aromatic rings. The minimum absolute atomic E-state index is 0.249. The highest BCUT2D eigenvalue weighted by Crippen LogP contribution is 2.27. The minimum atomic E-state index is -0.295. The van der Waals surface area contributed by atoms with Crippen LogP contribution in [0, 0.1) is 0 Å². The Morgan fingerprint density at radius 1 is 1.21 bits per heavy atom. The van der Waals surface area contributed by atoms with Crippen molar-refractivity contribution in [3.05, 3.63) is 53.0 Å². The number of methoxy groups -OCH3 is 2. The highest BCUT2D eigenvalue weighted by Gasteiger charge is 2.14. The van der Waals surface area contributed by atoms with Crippen molar-refractivity contribution in [3.8, 4) is 22.1 Å². The molecule has 24 heavy (non-hydrogen) atoms. The fourth-order valence-corrected chi connectivity index (χ4v) is 2.85. The molecule has 0 bridgehead atoms. The van der Waals surface area contributed by atoms with E-state index in [1.807, 2.05) is 29.6 Å². The number of amides is 1. The predicted molar refractivity (Wildman–Crippen MR) is 90.5 cm³/mol. The number of thiophene rings is 1. The Kier molecular flexibility index (Phi) is 4.81. The van der Waals surface area contributed by atoms with E-state index >= 15 is 0 Å². The molecule has 7 heteroatoms. The second kappa shape index (κ2) is 7.18. The molecule has 0 radical (unpaired) electrons. The molecule has 1 aromatic carbocycles. The number of hydrogen-bond donors (Lipinski definition) is 1. The van der Waals surface area contributed by atoms with Crippen LogP contribution in [0.4, 0.5) is 0 Å². The molecule has 2 aromatic heterocycles. The van der Waals surface area contributed by atoms with Crippen LogP contribution in [0.1, 0.15) is 16.1 Å². The number of carbonyl (C=O) groups excluding carboxylic acids is 1. The summed E-state index contributed by atoms with van der Waals surface area (Å²) >= 11 is 1.53. The second-order valence-electron chi connectivity index (χ2n) is 4.93. The topological polar surface area (TPSA) is 73.6 Å². The summed E-state index contributed by atoms with van der Waals surface area (Å²) in [5, 5.41) is 8.57. The first-order valence-corrected chi connectivity index (χ1v) is 8.09. The van der Waals surface area contributed by atoms with Crippen LogP contribution >= 0.6 is 11.3 Å². The molecule has 2 heterocycles. The molecule has 0 fully saturated rings. The normalized spacial score (nSPS) is 10.4. The molecule has 0 spiro atoms. The van der Waals surface area contributed by atoms with Crippen LogP contribution in [0.25, 0.3) is 10.6 Å². The molecule has 0 aliphatic rings. The molecule has 0 aliphatic carbocycles. The first-order valence-electron chi connectivity index (χ1n) is 7.21. The third-order valence-electron chi connectivity index (χ3n) is 3.41. The maximum absolute atomic E-state index is 12.2. The molecule has 0 atom stereocenters. The summed E-state index contributed by atoms with van der Waals surface area (Å²) in [5.74, 6) is 1.55. The van der Waals surface area contributed by atoms with E-state index in [9.17, 15) is 4.79 Å². The quantitative estimate of drug-likeness (QED) is 0.742. The number of rotatable bonds is 6. The van der Waals surface area contributed by atoms with Gasteiger partial charge in [0.2, 0.25) is 0 Å². The van der Waals surface area contributed by atoms with E-state index in [4.69, 9.17) is 14.0 Å². The van der Waals surface area contributed by atoms with Crippen molar-refractivity contribution in [1.29, 1.82) is 0 Å². The van der Waals surface area contributed by atoms with Gasteiger partial charge in [-0.05, 0) is 29.1 Å². The van der Waals surface area contributed by atoms with Crippen molar-refractivity contribution in [1.82, 2.24) is 10.5 Å². The number of ether oxygens (including phenoxy) is 2. The summed E-state index contributed by atoms with van der Waals surface area (Å²) in [5.41, 5.74) is 1.14. The molecule has 3 rings (SSSR count). The average molecular weight is 344 g/mol. The molecule has 6 nitrogen and oxygen atoms in total. The lowest BCUT2D eigenvalue weighted by atomic mass is 10.2. The van der Waals surface area contributed by atoms with Crippen LogP contribution < -0.4 is 14.8 Å². The van der Waals surface area contributed by atoms with E-state index in [-0.39, 0.29) is 11.6 Å². The monoisotopic (exact) mass is 344 g/mol. The van der Waals surface area contributed by atoms with Crippen LogP contribution in [-0.2, 0) is 6.54 Å². The van der Waals surface area contributed by atoms with Crippen molar-refractivity contribution in [3.63, 3.8) is 0 Å². The van der Waals surface area contributed by atoms with Gasteiger partial charge in [0.15, 0.2) is 23.0 Å².